The number of carbonyl (C=O) groups is 1. The highest BCUT2D eigenvalue weighted by Crippen LogP contribution is 2.25. The Hall–Kier alpha value is -2.89. The smallest absolute Gasteiger partial charge is 0.269 e. The predicted octanol–water partition coefficient (Wildman–Crippen LogP) is 1.95. The first-order valence-electron chi connectivity index (χ1n) is 6.67. The van der Waals surface area contributed by atoms with Crippen molar-refractivity contribution in [1.82, 2.24) is 20.1 Å². The molecule has 1 aliphatic heterocycles. The number of amides is 1. The van der Waals surface area contributed by atoms with Crippen LogP contribution in [0.2, 0.25) is 0 Å². The van der Waals surface area contributed by atoms with Gasteiger partial charge in [-0.1, -0.05) is 0 Å². The molecule has 0 radical (unpaired) electrons. The van der Waals surface area contributed by atoms with Gasteiger partial charge in [0.05, 0.1) is 18.5 Å². The van der Waals surface area contributed by atoms with Gasteiger partial charge in [-0.3, -0.25) is 14.5 Å². The van der Waals surface area contributed by atoms with Crippen LogP contribution >= 0.6 is 0 Å². The number of rotatable bonds is 2. The van der Waals surface area contributed by atoms with Crippen LogP contribution in [0.1, 0.15) is 10.5 Å². The predicted molar refractivity (Wildman–Crippen MR) is 75.5 cm³/mol. The van der Waals surface area contributed by atoms with E-state index in [4.69, 9.17) is 4.42 Å². The van der Waals surface area contributed by atoms with Crippen molar-refractivity contribution in [3.8, 4) is 22.7 Å². The summed E-state index contributed by atoms with van der Waals surface area (Å²) in [6.45, 7) is 1.30. The summed E-state index contributed by atoms with van der Waals surface area (Å²) < 4.78 is 7.09. The molecular weight excluding hydrogens is 268 g/mol. The zero-order chi connectivity index (χ0) is 14.2. The Morgan fingerprint density at radius 3 is 3.00 bits per heavy atom. The van der Waals surface area contributed by atoms with Crippen molar-refractivity contribution in [2.24, 2.45) is 0 Å². The molecule has 4 rings (SSSR count). The highest BCUT2D eigenvalue weighted by atomic mass is 16.3. The quantitative estimate of drug-likeness (QED) is 0.778. The van der Waals surface area contributed by atoms with Crippen LogP contribution in [0.4, 0.5) is 0 Å². The maximum Gasteiger partial charge on any atom is 0.269 e. The fourth-order valence-corrected chi connectivity index (χ4v) is 2.43. The van der Waals surface area contributed by atoms with Crippen molar-refractivity contribution in [3.63, 3.8) is 0 Å². The zero-order valence-electron chi connectivity index (χ0n) is 11.1. The normalized spacial score (nSPS) is 13.8. The van der Waals surface area contributed by atoms with Gasteiger partial charge in [-0.25, -0.2) is 0 Å². The van der Waals surface area contributed by atoms with E-state index < -0.39 is 0 Å². The molecular formula is C15H12N4O2. The molecule has 6 nitrogen and oxygen atoms in total. The largest absolute Gasteiger partial charge is 0.463 e. The molecule has 0 spiro atoms. The molecule has 0 unspecified atom stereocenters. The molecule has 6 heteroatoms. The van der Waals surface area contributed by atoms with Crippen molar-refractivity contribution in [2.45, 2.75) is 6.54 Å². The Morgan fingerprint density at radius 1 is 1.24 bits per heavy atom. The second-order valence-electron chi connectivity index (χ2n) is 4.80. The Labute approximate surface area is 120 Å². The third kappa shape index (κ3) is 2.01. The molecule has 1 N–H and O–H groups in total. The van der Waals surface area contributed by atoms with Gasteiger partial charge in [0.2, 0.25) is 0 Å². The van der Waals surface area contributed by atoms with Gasteiger partial charge < -0.3 is 9.73 Å². The Bertz CT molecular complexity index is 805. The minimum Gasteiger partial charge on any atom is -0.463 e. The molecule has 0 aliphatic carbocycles. The van der Waals surface area contributed by atoms with Crippen LogP contribution in [0.25, 0.3) is 22.7 Å². The summed E-state index contributed by atoms with van der Waals surface area (Å²) in [5.41, 5.74) is 3.00. The third-order valence-electron chi connectivity index (χ3n) is 3.45. The molecule has 3 aromatic heterocycles. The first-order valence-corrected chi connectivity index (χ1v) is 6.67. The van der Waals surface area contributed by atoms with Gasteiger partial charge in [-0.05, 0) is 30.3 Å². The van der Waals surface area contributed by atoms with Gasteiger partial charge in [0.1, 0.15) is 11.4 Å². The number of aromatic nitrogens is 3. The Morgan fingerprint density at radius 2 is 2.19 bits per heavy atom. The summed E-state index contributed by atoms with van der Waals surface area (Å²) in [5, 5.41) is 7.30. The molecule has 21 heavy (non-hydrogen) atoms. The van der Waals surface area contributed by atoms with E-state index in [9.17, 15) is 4.79 Å². The van der Waals surface area contributed by atoms with Crippen molar-refractivity contribution in [1.29, 1.82) is 0 Å². The van der Waals surface area contributed by atoms with Gasteiger partial charge in [0.15, 0.2) is 5.76 Å². The van der Waals surface area contributed by atoms with E-state index in [2.05, 4.69) is 15.4 Å². The average molecular weight is 280 g/mol. The van der Waals surface area contributed by atoms with Crippen molar-refractivity contribution in [3.05, 3.63) is 48.5 Å². The number of hydrogen-bond donors (Lipinski definition) is 1. The summed E-state index contributed by atoms with van der Waals surface area (Å²) in [4.78, 5) is 16.1. The molecule has 0 saturated heterocycles. The molecule has 4 heterocycles. The number of hydrogen-bond acceptors (Lipinski definition) is 4. The van der Waals surface area contributed by atoms with Crippen LogP contribution in [0.15, 0.2) is 47.2 Å². The van der Waals surface area contributed by atoms with Crippen LogP contribution in [0.5, 0.6) is 0 Å². The van der Waals surface area contributed by atoms with Gasteiger partial charge in [0, 0.05) is 18.3 Å². The van der Waals surface area contributed by atoms with E-state index in [1.54, 1.807) is 23.2 Å². The summed E-state index contributed by atoms with van der Waals surface area (Å²) in [7, 11) is 0. The minimum atomic E-state index is -0.0830. The van der Waals surface area contributed by atoms with Gasteiger partial charge in [0.25, 0.3) is 5.91 Å². The van der Waals surface area contributed by atoms with Crippen LogP contribution in [-0.2, 0) is 6.54 Å². The molecule has 104 valence electrons. The van der Waals surface area contributed by atoms with Crippen molar-refractivity contribution in [2.75, 3.05) is 6.54 Å². The highest BCUT2D eigenvalue weighted by Gasteiger charge is 2.20. The van der Waals surface area contributed by atoms with E-state index >= 15 is 0 Å². The number of nitrogens with zero attached hydrogens (tertiary/aromatic N) is 3. The lowest BCUT2D eigenvalue weighted by atomic mass is 10.1. The standard InChI is InChI=1S/C15H12N4O2/c20-15-13-9-11(18-19(13)6-5-17-15)10-3-4-16-12(8-10)14-2-1-7-21-14/h1-4,7-9H,5-6H2,(H,17,20). The molecule has 0 saturated carbocycles. The highest BCUT2D eigenvalue weighted by molar-refractivity contribution is 5.94. The van der Waals surface area contributed by atoms with Crippen molar-refractivity contribution >= 4 is 5.91 Å². The number of nitrogens with one attached hydrogen (secondary N) is 1. The third-order valence-corrected chi connectivity index (χ3v) is 3.45. The van der Waals surface area contributed by atoms with Crippen LogP contribution in [0.3, 0.4) is 0 Å². The van der Waals surface area contributed by atoms with E-state index in [0.717, 1.165) is 17.0 Å². The molecule has 0 bridgehead atoms. The van der Waals surface area contributed by atoms with E-state index in [-0.39, 0.29) is 5.91 Å². The van der Waals surface area contributed by atoms with Crippen LogP contribution < -0.4 is 5.32 Å². The van der Waals surface area contributed by atoms with Crippen LogP contribution in [0, 0.1) is 0 Å². The molecule has 1 amide bonds. The maximum atomic E-state index is 11.8. The number of fused-ring (bicyclic) bond motifs is 1. The monoisotopic (exact) mass is 280 g/mol. The van der Waals surface area contributed by atoms with E-state index in [1.165, 1.54) is 0 Å². The number of furan rings is 1. The SMILES string of the molecule is O=C1NCCn2nc(-c3ccnc(-c4ccco4)c3)cc21. The zero-order valence-corrected chi connectivity index (χ0v) is 11.1. The van der Waals surface area contributed by atoms with Gasteiger partial charge in [-0.2, -0.15) is 5.10 Å². The fraction of sp³-hybridized carbons (Fsp3) is 0.133. The summed E-state index contributed by atoms with van der Waals surface area (Å²) in [6.07, 6.45) is 3.33. The Balaban J connectivity index is 1.77. The second-order valence-corrected chi connectivity index (χ2v) is 4.80. The van der Waals surface area contributed by atoms with Crippen molar-refractivity contribution < 1.29 is 9.21 Å². The number of carbonyl (C=O) groups excluding carboxylic acids is 1. The average Bonchev–Trinajstić information content (AvgIpc) is 3.18. The van der Waals surface area contributed by atoms with E-state index in [0.29, 0.717) is 24.5 Å². The lowest BCUT2D eigenvalue weighted by Crippen LogP contribution is -2.35. The topological polar surface area (TPSA) is 73.0 Å². The summed E-state index contributed by atoms with van der Waals surface area (Å²) >= 11 is 0. The molecule has 1 aliphatic rings. The first kappa shape index (κ1) is 11.9. The lowest BCUT2D eigenvalue weighted by Gasteiger charge is -2.13. The number of pyridine rings is 1. The molecule has 3 aromatic rings. The molecule has 0 atom stereocenters. The van der Waals surface area contributed by atoms with Gasteiger partial charge >= 0.3 is 0 Å². The fourth-order valence-electron chi connectivity index (χ4n) is 2.43. The van der Waals surface area contributed by atoms with E-state index in [1.807, 2.05) is 24.3 Å². The Kier molecular flexibility index (Phi) is 2.60. The first-order chi connectivity index (χ1) is 10.3. The lowest BCUT2D eigenvalue weighted by molar-refractivity contribution is 0.0924. The summed E-state index contributed by atoms with van der Waals surface area (Å²) in [5.74, 6) is 0.624. The minimum absolute atomic E-state index is 0.0830. The molecule has 0 aromatic carbocycles. The maximum absolute atomic E-state index is 11.8. The van der Waals surface area contributed by atoms with Crippen LogP contribution in [-0.4, -0.2) is 27.2 Å². The second kappa shape index (κ2) is 4.59. The molecule has 0 fully saturated rings. The summed E-state index contributed by atoms with van der Waals surface area (Å²) in [6, 6.07) is 9.26. The van der Waals surface area contributed by atoms with Gasteiger partial charge in [-0.15, -0.1) is 0 Å².